The summed E-state index contributed by atoms with van der Waals surface area (Å²) in [4.78, 5) is 2.37. The van der Waals surface area contributed by atoms with Crippen molar-refractivity contribution in [1.29, 1.82) is 0 Å². The monoisotopic (exact) mass is 424 g/mol. The molecule has 30 heavy (non-hydrogen) atoms. The molecule has 0 atom stereocenters. The molecule has 0 bridgehead atoms. The summed E-state index contributed by atoms with van der Waals surface area (Å²) in [7, 11) is -2.11. The minimum Gasteiger partial charge on any atom is -0.496 e. The number of methoxy groups -OCH3 is 1. The number of rotatable bonds is 9. The van der Waals surface area contributed by atoms with Crippen LogP contribution in [0.3, 0.4) is 0 Å². The zero-order valence-electron chi connectivity index (χ0n) is 16.9. The molecule has 0 saturated carbocycles. The predicted molar refractivity (Wildman–Crippen MR) is 118 cm³/mol. The van der Waals surface area contributed by atoms with E-state index in [0.29, 0.717) is 17.9 Å². The molecule has 0 heterocycles. The molecule has 0 aliphatic carbocycles. The van der Waals surface area contributed by atoms with E-state index < -0.39 is 10.0 Å². The molecule has 0 spiro atoms. The molecule has 3 aromatic rings. The molecule has 0 radical (unpaired) electrons. The lowest BCUT2D eigenvalue weighted by Gasteiger charge is -2.11. The Kier molecular flexibility index (Phi) is 7.08. The van der Waals surface area contributed by atoms with Gasteiger partial charge in [0.05, 0.1) is 18.2 Å². The lowest BCUT2D eigenvalue weighted by Crippen LogP contribution is -2.18. The van der Waals surface area contributed by atoms with Crippen LogP contribution in [0.5, 0.6) is 11.5 Å². The SMILES string of the molecule is CCc1ccc(OCc2cc(C=NNS(=O)(=O)c3ccccc3)ccc2OC)cc1. The summed E-state index contributed by atoms with van der Waals surface area (Å²) >= 11 is 0. The molecule has 156 valence electrons. The second kappa shape index (κ2) is 9.93. The van der Waals surface area contributed by atoms with E-state index in [1.165, 1.54) is 23.9 Å². The van der Waals surface area contributed by atoms with Gasteiger partial charge in [-0.05, 0) is 60.0 Å². The number of benzene rings is 3. The van der Waals surface area contributed by atoms with Crippen LogP contribution >= 0.6 is 0 Å². The number of aryl methyl sites for hydroxylation is 1. The second-order valence-electron chi connectivity index (χ2n) is 6.52. The van der Waals surface area contributed by atoms with Gasteiger partial charge < -0.3 is 9.47 Å². The smallest absolute Gasteiger partial charge is 0.276 e. The average Bonchev–Trinajstić information content (AvgIpc) is 2.78. The molecule has 0 saturated heterocycles. The van der Waals surface area contributed by atoms with E-state index in [1.54, 1.807) is 37.4 Å². The van der Waals surface area contributed by atoms with Crippen molar-refractivity contribution in [2.24, 2.45) is 5.10 Å². The van der Waals surface area contributed by atoms with Gasteiger partial charge in [-0.3, -0.25) is 0 Å². The number of ether oxygens (including phenoxy) is 2. The zero-order valence-corrected chi connectivity index (χ0v) is 17.7. The van der Waals surface area contributed by atoms with Gasteiger partial charge in [0.1, 0.15) is 18.1 Å². The van der Waals surface area contributed by atoms with Crippen LogP contribution in [0.2, 0.25) is 0 Å². The summed E-state index contributed by atoms with van der Waals surface area (Å²) in [5, 5.41) is 3.88. The molecule has 0 amide bonds. The van der Waals surface area contributed by atoms with Crippen molar-refractivity contribution in [3.05, 3.63) is 89.5 Å². The minimum absolute atomic E-state index is 0.153. The standard InChI is InChI=1S/C23H24N2O4S/c1-3-18-9-12-21(13-10-18)29-17-20-15-19(11-14-23(20)28-2)16-24-25-30(26,27)22-7-5-4-6-8-22/h4-16,25H,3,17H2,1-2H3. The highest BCUT2D eigenvalue weighted by molar-refractivity contribution is 7.89. The number of sulfonamides is 1. The number of nitrogens with one attached hydrogen (secondary N) is 1. The van der Waals surface area contributed by atoms with Crippen molar-refractivity contribution in [1.82, 2.24) is 4.83 Å². The van der Waals surface area contributed by atoms with E-state index in [-0.39, 0.29) is 4.90 Å². The summed E-state index contributed by atoms with van der Waals surface area (Å²) in [5.41, 5.74) is 2.79. The molecule has 0 aromatic heterocycles. The van der Waals surface area contributed by atoms with Crippen LogP contribution in [0.15, 0.2) is 82.8 Å². The van der Waals surface area contributed by atoms with E-state index in [0.717, 1.165) is 17.7 Å². The summed E-state index contributed by atoms with van der Waals surface area (Å²) in [5.74, 6) is 1.45. The van der Waals surface area contributed by atoms with Gasteiger partial charge in [0, 0.05) is 5.56 Å². The molecule has 1 N–H and O–H groups in total. The fraction of sp³-hybridized carbons (Fsp3) is 0.174. The molecule has 3 aromatic carbocycles. The van der Waals surface area contributed by atoms with Crippen LogP contribution in [0.1, 0.15) is 23.6 Å². The van der Waals surface area contributed by atoms with E-state index in [4.69, 9.17) is 9.47 Å². The topological polar surface area (TPSA) is 77.0 Å². The van der Waals surface area contributed by atoms with Gasteiger partial charge in [-0.25, -0.2) is 4.83 Å². The summed E-state index contributed by atoms with van der Waals surface area (Å²) < 4.78 is 35.7. The van der Waals surface area contributed by atoms with Crippen molar-refractivity contribution >= 4 is 16.2 Å². The Morgan fingerprint density at radius 1 is 1.00 bits per heavy atom. The largest absolute Gasteiger partial charge is 0.496 e. The maximum Gasteiger partial charge on any atom is 0.276 e. The van der Waals surface area contributed by atoms with E-state index in [2.05, 4.69) is 16.9 Å². The summed E-state index contributed by atoms with van der Waals surface area (Å²) in [6.07, 6.45) is 2.42. The lowest BCUT2D eigenvalue weighted by molar-refractivity contribution is 0.296. The van der Waals surface area contributed by atoms with Gasteiger partial charge >= 0.3 is 0 Å². The molecule has 6 nitrogen and oxygen atoms in total. The van der Waals surface area contributed by atoms with E-state index in [9.17, 15) is 8.42 Å². The Hall–Kier alpha value is -3.32. The Balaban J connectivity index is 1.69. The van der Waals surface area contributed by atoms with Crippen molar-refractivity contribution in [2.75, 3.05) is 7.11 Å². The van der Waals surface area contributed by atoms with Crippen LogP contribution in [-0.2, 0) is 23.1 Å². The third kappa shape index (κ3) is 5.61. The molecular formula is C23H24N2O4S. The molecular weight excluding hydrogens is 400 g/mol. The van der Waals surface area contributed by atoms with Gasteiger partial charge in [-0.15, -0.1) is 0 Å². The van der Waals surface area contributed by atoms with Crippen molar-refractivity contribution in [3.63, 3.8) is 0 Å². The highest BCUT2D eigenvalue weighted by Crippen LogP contribution is 2.22. The van der Waals surface area contributed by atoms with Crippen LogP contribution in [0.25, 0.3) is 0 Å². The Labute approximate surface area is 177 Å². The number of nitrogens with zero attached hydrogens (tertiary/aromatic N) is 1. The van der Waals surface area contributed by atoms with Gasteiger partial charge in [-0.1, -0.05) is 37.3 Å². The highest BCUT2D eigenvalue weighted by Gasteiger charge is 2.11. The van der Waals surface area contributed by atoms with Crippen molar-refractivity contribution in [3.8, 4) is 11.5 Å². The van der Waals surface area contributed by atoms with Crippen molar-refractivity contribution in [2.45, 2.75) is 24.8 Å². The van der Waals surface area contributed by atoms with Gasteiger partial charge in [-0.2, -0.15) is 13.5 Å². The lowest BCUT2D eigenvalue weighted by atomic mass is 10.1. The summed E-state index contributed by atoms with van der Waals surface area (Å²) in [6.45, 7) is 2.42. The van der Waals surface area contributed by atoms with Crippen LogP contribution in [0.4, 0.5) is 0 Å². The Morgan fingerprint density at radius 2 is 1.73 bits per heavy atom. The fourth-order valence-electron chi connectivity index (χ4n) is 2.80. The number of hydrogen-bond donors (Lipinski definition) is 1. The van der Waals surface area contributed by atoms with E-state index >= 15 is 0 Å². The van der Waals surface area contributed by atoms with Gasteiger partial charge in [0.25, 0.3) is 10.0 Å². The quantitative estimate of drug-likeness (QED) is 0.414. The van der Waals surface area contributed by atoms with Gasteiger partial charge in [0.2, 0.25) is 0 Å². The highest BCUT2D eigenvalue weighted by atomic mass is 32.2. The van der Waals surface area contributed by atoms with Crippen LogP contribution in [-0.4, -0.2) is 21.7 Å². The summed E-state index contributed by atoms with van der Waals surface area (Å²) in [6, 6.07) is 21.5. The molecule has 0 fully saturated rings. The van der Waals surface area contributed by atoms with Gasteiger partial charge in [0.15, 0.2) is 0 Å². The average molecular weight is 425 g/mol. The molecule has 0 aliphatic heterocycles. The first kappa shape index (κ1) is 21.4. The number of hydrazone groups is 1. The maximum atomic E-state index is 12.2. The Morgan fingerprint density at radius 3 is 2.40 bits per heavy atom. The van der Waals surface area contributed by atoms with Crippen molar-refractivity contribution < 1.29 is 17.9 Å². The first-order valence-electron chi connectivity index (χ1n) is 9.50. The third-order valence-electron chi connectivity index (χ3n) is 4.47. The second-order valence-corrected chi connectivity index (χ2v) is 8.18. The maximum absolute atomic E-state index is 12.2. The minimum atomic E-state index is -3.70. The molecule has 0 unspecified atom stereocenters. The first-order chi connectivity index (χ1) is 14.5. The molecule has 3 rings (SSSR count). The first-order valence-corrected chi connectivity index (χ1v) is 11.0. The van der Waals surface area contributed by atoms with E-state index in [1.807, 2.05) is 30.3 Å². The zero-order chi connectivity index (χ0) is 21.4. The van der Waals surface area contributed by atoms with Crippen LogP contribution in [0, 0.1) is 0 Å². The fourth-order valence-corrected chi connectivity index (χ4v) is 3.61. The Bertz CT molecular complexity index is 1100. The molecule has 7 heteroatoms. The third-order valence-corrected chi connectivity index (χ3v) is 5.71. The van der Waals surface area contributed by atoms with Crippen LogP contribution < -0.4 is 14.3 Å². The predicted octanol–water partition coefficient (Wildman–Crippen LogP) is 4.15. The number of hydrogen-bond acceptors (Lipinski definition) is 5. The molecule has 0 aliphatic rings. The normalized spacial score (nSPS) is 11.4.